The minimum Gasteiger partial charge on any atom is -0.377 e. The predicted molar refractivity (Wildman–Crippen MR) is 69.4 cm³/mol. The van der Waals surface area contributed by atoms with Crippen molar-refractivity contribution in [3.63, 3.8) is 0 Å². The third-order valence-corrected chi connectivity index (χ3v) is 5.42. The molecule has 2 heterocycles. The molecule has 19 heavy (non-hydrogen) atoms. The van der Waals surface area contributed by atoms with Gasteiger partial charge in [-0.15, -0.1) is 0 Å². The maximum Gasteiger partial charge on any atom is 0.248 e. The van der Waals surface area contributed by atoms with E-state index >= 15 is 0 Å². The second-order valence-electron chi connectivity index (χ2n) is 4.74. The number of hydrogen-bond acceptors (Lipinski definition) is 5. The van der Waals surface area contributed by atoms with Crippen LogP contribution in [0.4, 0.5) is 0 Å². The lowest BCUT2D eigenvalue weighted by molar-refractivity contribution is 0.0265. The number of sulfonamides is 1. The monoisotopic (exact) mass is 288 g/mol. The van der Waals surface area contributed by atoms with Gasteiger partial charge in [-0.1, -0.05) is 5.16 Å². The molecule has 108 valence electrons. The second kappa shape index (κ2) is 5.60. The molecule has 0 aromatic carbocycles. The molecule has 1 aliphatic heterocycles. The highest BCUT2D eigenvalue weighted by atomic mass is 32.2. The van der Waals surface area contributed by atoms with E-state index in [2.05, 4.69) is 5.16 Å². The molecule has 0 unspecified atom stereocenters. The van der Waals surface area contributed by atoms with Gasteiger partial charge >= 0.3 is 0 Å². The number of aromatic nitrogens is 1. The maximum atomic E-state index is 12.6. The number of piperidine rings is 1. The summed E-state index contributed by atoms with van der Waals surface area (Å²) in [4.78, 5) is 0.199. The summed E-state index contributed by atoms with van der Waals surface area (Å²) < 4.78 is 37.2. The van der Waals surface area contributed by atoms with Gasteiger partial charge in [0, 0.05) is 19.7 Å². The molecule has 6 nitrogen and oxygen atoms in total. The van der Waals surface area contributed by atoms with Gasteiger partial charge in [-0.05, 0) is 33.6 Å². The normalized spacial score (nSPS) is 21.7. The summed E-state index contributed by atoms with van der Waals surface area (Å²) in [6.45, 7) is 6.71. The van der Waals surface area contributed by atoms with E-state index in [1.165, 1.54) is 4.31 Å². The van der Waals surface area contributed by atoms with Crippen molar-refractivity contribution in [2.24, 2.45) is 0 Å². The Balaban J connectivity index is 2.25. The lowest BCUT2D eigenvalue weighted by atomic mass is 10.1. The molecule has 1 aromatic rings. The molecule has 1 aromatic heterocycles. The quantitative estimate of drug-likeness (QED) is 0.839. The van der Waals surface area contributed by atoms with Gasteiger partial charge in [0.05, 0.1) is 6.10 Å². The minimum atomic E-state index is -3.53. The van der Waals surface area contributed by atoms with E-state index < -0.39 is 10.0 Å². The van der Waals surface area contributed by atoms with Crippen LogP contribution in [0.3, 0.4) is 0 Å². The zero-order valence-corrected chi connectivity index (χ0v) is 12.4. The van der Waals surface area contributed by atoms with E-state index in [-0.39, 0.29) is 11.0 Å². The van der Waals surface area contributed by atoms with Crippen molar-refractivity contribution in [2.75, 3.05) is 19.7 Å². The van der Waals surface area contributed by atoms with Crippen LogP contribution in [0.1, 0.15) is 31.2 Å². The first-order chi connectivity index (χ1) is 8.96. The molecule has 0 bridgehead atoms. The Bertz CT molecular complexity index is 516. The molecule has 2 rings (SSSR count). The lowest BCUT2D eigenvalue weighted by Gasteiger charge is -2.31. The van der Waals surface area contributed by atoms with Crippen molar-refractivity contribution in [1.82, 2.24) is 9.46 Å². The topological polar surface area (TPSA) is 72.6 Å². The molecular weight excluding hydrogens is 268 g/mol. The van der Waals surface area contributed by atoms with Crippen molar-refractivity contribution in [2.45, 2.75) is 44.6 Å². The molecule has 0 amide bonds. The molecule has 1 fully saturated rings. The Morgan fingerprint density at radius 2 is 2.21 bits per heavy atom. The number of aryl methyl sites for hydroxylation is 2. The fraction of sp³-hybridized carbons (Fsp3) is 0.750. The first-order valence-corrected chi connectivity index (χ1v) is 7.95. The van der Waals surface area contributed by atoms with Gasteiger partial charge in [-0.3, -0.25) is 0 Å². The van der Waals surface area contributed by atoms with E-state index in [1.807, 2.05) is 6.92 Å². The second-order valence-corrected chi connectivity index (χ2v) is 6.61. The Morgan fingerprint density at radius 1 is 1.47 bits per heavy atom. The van der Waals surface area contributed by atoms with Crippen LogP contribution in [0.2, 0.25) is 0 Å². The number of ether oxygens (including phenoxy) is 1. The van der Waals surface area contributed by atoms with Gasteiger partial charge in [0.25, 0.3) is 0 Å². The summed E-state index contributed by atoms with van der Waals surface area (Å²) in [5, 5.41) is 3.72. The number of nitrogens with zero attached hydrogens (tertiary/aromatic N) is 2. The van der Waals surface area contributed by atoms with Crippen LogP contribution >= 0.6 is 0 Å². The van der Waals surface area contributed by atoms with Crippen molar-refractivity contribution < 1.29 is 17.7 Å². The Hall–Kier alpha value is -0.920. The Labute approximate surface area is 113 Å². The van der Waals surface area contributed by atoms with Gasteiger partial charge in [-0.2, -0.15) is 4.31 Å². The molecule has 0 spiro atoms. The average molecular weight is 288 g/mol. The third-order valence-electron chi connectivity index (χ3n) is 3.31. The van der Waals surface area contributed by atoms with Gasteiger partial charge in [0.1, 0.15) is 10.6 Å². The first kappa shape index (κ1) is 14.5. The summed E-state index contributed by atoms with van der Waals surface area (Å²) in [5.74, 6) is 0.344. The summed E-state index contributed by atoms with van der Waals surface area (Å²) in [5.41, 5.74) is 0.413. The summed E-state index contributed by atoms with van der Waals surface area (Å²) in [6, 6.07) is 0. The van der Waals surface area contributed by atoms with Crippen LogP contribution in [0.25, 0.3) is 0 Å². The molecule has 1 saturated heterocycles. The average Bonchev–Trinajstić information content (AvgIpc) is 2.70. The Morgan fingerprint density at radius 3 is 2.79 bits per heavy atom. The van der Waals surface area contributed by atoms with Crippen LogP contribution < -0.4 is 0 Å². The van der Waals surface area contributed by atoms with Gasteiger partial charge in [0.2, 0.25) is 10.0 Å². The van der Waals surface area contributed by atoms with Crippen LogP contribution in [-0.4, -0.2) is 43.7 Å². The van der Waals surface area contributed by atoms with E-state index in [0.29, 0.717) is 31.2 Å². The molecule has 1 atom stereocenters. The molecular formula is C12H20N2O4S. The first-order valence-electron chi connectivity index (χ1n) is 6.51. The SMILES string of the molecule is CCO[C@@H]1CCCN(S(=O)(=O)c2c(C)noc2C)C1. The fourth-order valence-electron chi connectivity index (χ4n) is 2.47. The molecule has 0 aliphatic carbocycles. The molecule has 1 aliphatic rings. The lowest BCUT2D eigenvalue weighted by Crippen LogP contribution is -2.43. The van der Waals surface area contributed by atoms with E-state index in [4.69, 9.17) is 9.26 Å². The van der Waals surface area contributed by atoms with Crippen molar-refractivity contribution in [1.29, 1.82) is 0 Å². The van der Waals surface area contributed by atoms with Crippen molar-refractivity contribution >= 4 is 10.0 Å². The molecule has 7 heteroatoms. The zero-order valence-electron chi connectivity index (χ0n) is 11.5. The highest BCUT2D eigenvalue weighted by molar-refractivity contribution is 7.89. The predicted octanol–water partition coefficient (Wildman–Crippen LogP) is 1.48. The van der Waals surface area contributed by atoms with Crippen LogP contribution in [0.15, 0.2) is 9.42 Å². The summed E-state index contributed by atoms with van der Waals surface area (Å²) in [7, 11) is -3.53. The standard InChI is InChI=1S/C12H20N2O4S/c1-4-17-11-6-5-7-14(8-11)19(15,16)12-9(2)13-18-10(12)3/h11H,4-8H2,1-3H3/t11-/m1/s1. The van der Waals surface area contributed by atoms with Crippen molar-refractivity contribution in [3.05, 3.63) is 11.5 Å². The van der Waals surface area contributed by atoms with E-state index in [1.54, 1.807) is 13.8 Å². The highest BCUT2D eigenvalue weighted by Gasteiger charge is 2.34. The zero-order chi connectivity index (χ0) is 14.0. The third kappa shape index (κ3) is 2.82. The van der Waals surface area contributed by atoms with Crippen LogP contribution in [0, 0.1) is 13.8 Å². The van der Waals surface area contributed by atoms with Crippen LogP contribution in [0.5, 0.6) is 0 Å². The molecule has 0 saturated carbocycles. The summed E-state index contributed by atoms with van der Waals surface area (Å²) in [6.07, 6.45) is 1.70. The van der Waals surface area contributed by atoms with Gasteiger partial charge in [-0.25, -0.2) is 8.42 Å². The maximum absolute atomic E-state index is 12.6. The smallest absolute Gasteiger partial charge is 0.248 e. The van der Waals surface area contributed by atoms with Gasteiger partial charge < -0.3 is 9.26 Å². The number of hydrogen-bond donors (Lipinski definition) is 0. The molecule has 0 N–H and O–H groups in total. The largest absolute Gasteiger partial charge is 0.377 e. The number of rotatable bonds is 4. The van der Waals surface area contributed by atoms with E-state index in [9.17, 15) is 8.42 Å². The minimum absolute atomic E-state index is 0.0194. The van der Waals surface area contributed by atoms with Gasteiger partial charge in [0.15, 0.2) is 5.76 Å². The highest BCUT2D eigenvalue weighted by Crippen LogP contribution is 2.26. The van der Waals surface area contributed by atoms with Crippen molar-refractivity contribution in [3.8, 4) is 0 Å². The summed E-state index contributed by atoms with van der Waals surface area (Å²) >= 11 is 0. The van der Waals surface area contributed by atoms with E-state index in [0.717, 1.165) is 12.8 Å². The molecule has 0 radical (unpaired) electrons. The van der Waals surface area contributed by atoms with Crippen LogP contribution in [-0.2, 0) is 14.8 Å². The Kier molecular flexibility index (Phi) is 4.27. The fourth-order valence-corrected chi connectivity index (χ4v) is 4.27.